The summed E-state index contributed by atoms with van der Waals surface area (Å²) < 4.78 is 31.4. The fourth-order valence-corrected chi connectivity index (χ4v) is 4.53. The Kier molecular flexibility index (Phi) is 7.02. The molecule has 0 bridgehead atoms. The minimum absolute atomic E-state index is 0.190. The molecule has 0 aliphatic carbocycles. The van der Waals surface area contributed by atoms with Crippen molar-refractivity contribution in [3.63, 3.8) is 0 Å². The summed E-state index contributed by atoms with van der Waals surface area (Å²) in [6, 6.07) is 13.6. The van der Waals surface area contributed by atoms with Crippen LogP contribution in [-0.4, -0.2) is 44.3 Å². The van der Waals surface area contributed by atoms with E-state index in [1.165, 1.54) is 34.6 Å². The lowest BCUT2D eigenvalue weighted by Gasteiger charge is -2.15. The van der Waals surface area contributed by atoms with Crippen molar-refractivity contribution in [1.82, 2.24) is 4.31 Å². The van der Waals surface area contributed by atoms with E-state index >= 15 is 0 Å². The van der Waals surface area contributed by atoms with Gasteiger partial charge in [0.1, 0.15) is 0 Å². The van der Waals surface area contributed by atoms with Crippen LogP contribution in [0.1, 0.15) is 24.0 Å². The highest BCUT2D eigenvalue weighted by molar-refractivity contribution is 7.89. The smallest absolute Gasteiger partial charge is 0.331 e. The fraction of sp³-hybridized carbons (Fsp3) is 0.273. The topological polar surface area (TPSA) is 92.8 Å². The average molecular weight is 429 g/mol. The van der Waals surface area contributed by atoms with E-state index in [9.17, 15) is 18.0 Å². The molecule has 158 valence electrons. The number of amides is 1. The molecule has 0 radical (unpaired) electrons. The highest BCUT2D eigenvalue weighted by Gasteiger charge is 2.26. The van der Waals surface area contributed by atoms with Crippen LogP contribution in [0.3, 0.4) is 0 Å². The van der Waals surface area contributed by atoms with Gasteiger partial charge in [-0.2, -0.15) is 4.31 Å². The first-order valence-corrected chi connectivity index (χ1v) is 11.1. The van der Waals surface area contributed by atoms with E-state index < -0.39 is 28.5 Å². The van der Waals surface area contributed by atoms with Crippen LogP contribution in [0.25, 0.3) is 6.08 Å². The highest BCUT2D eigenvalue weighted by atomic mass is 32.2. The maximum atomic E-state index is 12.5. The normalized spacial score (nSPS) is 14.7. The first-order valence-electron chi connectivity index (χ1n) is 9.66. The standard InChI is InChI=1S/C22H24N2O5S/c1-17-4-6-18(7-5-17)8-13-22(26)29-16-21(25)23-19-9-11-20(12-10-19)30(27,28)24-14-2-3-15-24/h4-13H,2-3,14-16H2,1H3,(H,23,25)/b13-8+. The second kappa shape index (κ2) is 9.69. The van der Waals surface area contributed by atoms with Gasteiger partial charge < -0.3 is 10.1 Å². The summed E-state index contributed by atoms with van der Waals surface area (Å²) in [6.07, 6.45) is 4.60. The number of ether oxygens (including phenoxy) is 1. The second-order valence-electron chi connectivity index (χ2n) is 7.04. The Bertz CT molecular complexity index is 1020. The van der Waals surface area contributed by atoms with Crippen LogP contribution in [-0.2, 0) is 24.3 Å². The van der Waals surface area contributed by atoms with Crippen LogP contribution >= 0.6 is 0 Å². The third kappa shape index (κ3) is 5.77. The molecule has 30 heavy (non-hydrogen) atoms. The average Bonchev–Trinajstić information content (AvgIpc) is 3.28. The fourth-order valence-electron chi connectivity index (χ4n) is 3.01. The van der Waals surface area contributed by atoms with Crippen molar-refractivity contribution in [2.45, 2.75) is 24.7 Å². The molecule has 1 heterocycles. The molecular weight excluding hydrogens is 404 g/mol. The SMILES string of the molecule is Cc1ccc(/C=C/C(=O)OCC(=O)Nc2ccc(S(=O)(=O)N3CCCC3)cc2)cc1. The van der Waals surface area contributed by atoms with Crippen molar-refractivity contribution in [1.29, 1.82) is 0 Å². The third-order valence-corrected chi connectivity index (χ3v) is 6.59. The minimum atomic E-state index is -3.49. The number of carbonyl (C=O) groups is 2. The summed E-state index contributed by atoms with van der Waals surface area (Å²) in [4.78, 5) is 23.9. The molecule has 8 heteroatoms. The van der Waals surface area contributed by atoms with Crippen molar-refractivity contribution in [2.75, 3.05) is 25.0 Å². The zero-order valence-corrected chi connectivity index (χ0v) is 17.5. The van der Waals surface area contributed by atoms with Crippen LogP contribution in [0.15, 0.2) is 59.5 Å². The quantitative estimate of drug-likeness (QED) is 0.541. The largest absolute Gasteiger partial charge is 0.452 e. The number of aryl methyl sites for hydroxylation is 1. The molecule has 1 N–H and O–H groups in total. The maximum absolute atomic E-state index is 12.5. The van der Waals surface area contributed by atoms with Gasteiger partial charge in [-0.3, -0.25) is 4.79 Å². The highest BCUT2D eigenvalue weighted by Crippen LogP contribution is 2.22. The van der Waals surface area contributed by atoms with Gasteiger partial charge in [0.15, 0.2) is 6.61 Å². The zero-order chi connectivity index (χ0) is 21.6. The number of nitrogens with one attached hydrogen (secondary N) is 1. The first kappa shape index (κ1) is 21.7. The van der Waals surface area contributed by atoms with Gasteiger partial charge in [-0.25, -0.2) is 13.2 Å². The van der Waals surface area contributed by atoms with Crippen LogP contribution in [0.2, 0.25) is 0 Å². The summed E-state index contributed by atoms with van der Waals surface area (Å²) in [5.74, 6) is -1.14. The van der Waals surface area contributed by atoms with Gasteiger partial charge in [0, 0.05) is 24.9 Å². The summed E-state index contributed by atoms with van der Waals surface area (Å²) in [6.45, 7) is 2.60. The summed E-state index contributed by atoms with van der Waals surface area (Å²) in [5.41, 5.74) is 2.39. The Balaban J connectivity index is 1.48. The minimum Gasteiger partial charge on any atom is -0.452 e. The molecule has 0 aromatic heterocycles. The molecule has 0 atom stereocenters. The zero-order valence-electron chi connectivity index (χ0n) is 16.7. The van der Waals surface area contributed by atoms with E-state index in [0.717, 1.165) is 24.0 Å². The lowest BCUT2D eigenvalue weighted by atomic mass is 10.1. The third-order valence-electron chi connectivity index (χ3n) is 4.68. The molecule has 1 saturated heterocycles. The van der Waals surface area contributed by atoms with Gasteiger partial charge in [0.2, 0.25) is 10.0 Å². The summed E-state index contributed by atoms with van der Waals surface area (Å²) in [5, 5.41) is 2.58. The van der Waals surface area contributed by atoms with Crippen molar-refractivity contribution in [3.8, 4) is 0 Å². The molecule has 0 unspecified atom stereocenters. The van der Waals surface area contributed by atoms with Gasteiger partial charge in [-0.15, -0.1) is 0 Å². The Labute approximate surface area is 176 Å². The Morgan fingerprint density at radius 2 is 1.67 bits per heavy atom. The summed E-state index contributed by atoms with van der Waals surface area (Å²) >= 11 is 0. The van der Waals surface area contributed by atoms with Crippen LogP contribution < -0.4 is 5.32 Å². The number of rotatable bonds is 7. The first-order chi connectivity index (χ1) is 14.3. The Morgan fingerprint density at radius 3 is 2.30 bits per heavy atom. The van der Waals surface area contributed by atoms with Crippen molar-refractivity contribution in [2.24, 2.45) is 0 Å². The predicted molar refractivity (Wildman–Crippen MR) is 114 cm³/mol. The molecule has 3 rings (SSSR count). The van der Waals surface area contributed by atoms with Gasteiger partial charge in [0.25, 0.3) is 5.91 Å². The monoisotopic (exact) mass is 428 g/mol. The van der Waals surface area contributed by atoms with E-state index in [4.69, 9.17) is 4.74 Å². The van der Waals surface area contributed by atoms with Crippen LogP contribution in [0, 0.1) is 6.92 Å². The van der Waals surface area contributed by atoms with Crippen molar-refractivity contribution < 1.29 is 22.7 Å². The molecule has 0 spiro atoms. The molecule has 1 aliphatic rings. The molecule has 2 aromatic carbocycles. The number of sulfonamides is 1. The summed E-state index contributed by atoms with van der Waals surface area (Å²) in [7, 11) is -3.49. The van der Waals surface area contributed by atoms with Crippen molar-refractivity contribution in [3.05, 3.63) is 65.7 Å². The van der Waals surface area contributed by atoms with Gasteiger partial charge in [-0.05, 0) is 55.7 Å². The molecule has 1 fully saturated rings. The predicted octanol–water partition coefficient (Wildman–Crippen LogP) is 2.97. The second-order valence-corrected chi connectivity index (χ2v) is 8.97. The van der Waals surface area contributed by atoms with Crippen LogP contribution in [0.5, 0.6) is 0 Å². The molecule has 7 nitrogen and oxygen atoms in total. The van der Waals surface area contributed by atoms with E-state index in [-0.39, 0.29) is 4.90 Å². The molecular formula is C22H24N2O5S. The van der Waals surface area contributed by atoms with Crippen LogP contribution in [0.4, 0.5) is 5.69 Å². The van der Waals surface area contributed by atoms with E-state index in [2.05, 4.69) is 5.32 Å². The maximum Gasteiger partial charge on any atom is 0.331 e. The molecule has 1 amide bonds. The van der Waals surface area contributed by atoms with E-state index in [0.29, 0.717) is 18.8 Å². The van der Waals surface area contributed by atoms with Gasteiger partial charge >= 0.3 is 5.97 Å². The Morgan fingerprint density at radius 1 is 1.03 bits per heavy atom. The molecule has 2 aromatic rings. The number of esters is 1. The molecule has 1 aliphatic heterocycles. The van der Waals surface area contributed by atoms with E-state index in [1.54, 1.807) is 6.08 Å². The Hall–Kier alpha value is -2.97. The van der Waals surface area contributed by atoms with Gasteiger partial charge in [0.05, 0.1) is 4.90 Å². The van der Waals surface area contributed by atoms with E-state index in [1.807, 2.05) is 31.2 Å². The van der Waals surface area contributed by atoms with Crippen molar-refractivity contribution >= 4 is 33.7 Å². The number of hydrogen-bond donors (Lipinski definition) is 1. The number of nitrogens with zero attached hydrogens (tertiary/aromatic N) is 1. The number of hydrogen-bond acceptors (Lipinski definition) is 5. The number of benzene rings is 2. The molecule has 0 saturated carbocycles. The lowest BCUT2D eigenvalue weighted by Crippen LogP contribution is -2.27. The van der Waals surface area contributed by atoms with Gasteiger partial charge in [-0.1, -0.05) is 29.8 Å². The number of anilines is 1. The number of carbonyl (C=O) groups excluding carboxylic acids is 2. The lowest BCUT2D eigenvalue weighted by molar-refractivity contribution is -0.142.